The molecule has 2 nitrogen and oxygen atoms in total. The molecule has 0 unspecified atom stereocenters. The highest BCUT2D eigenvalue weighted by Crippen LogP contribution is 2.19. The molecule has 0 spiro atoms. The molecule has 68 valence electrons. The average molecular weight is 239 g/mol. The van der Waals surface area contributed by atoms with Crippen LogP contribution in [0.3, 0.4) is 0 Å². The van der Waals surface area contributed by atoms with Gasteiger partial charge in [-0.15, -0.1) is 0 Å². The summed E-state index contributed by atoms with van der Waals surface area (Å²) in [5, 5.41) is 8.60. The lowest BCUT2D eigenvalue weighted by atomic mass is 10.3. The zero-order valence-corrected chi connectivity index (χ0v) is 9.08. The van der Waals surface area contributed by atoms with Gasteiger partial charge in [-0.3, -0.25) is 0 Å². The van der Waals surface area contributed by atoms with E-state index in [1.54, 1.807) is 0 Å². The fraction of sp³-hybridized carbons (Fsp3) is 0.300. The van der Waals surface area contributed by atoms with Crippen molar-refractivity contribution >= 4 is 21.6 Å². The van der Waals surface area contributed by atoms with Gasteiger partial charge in [0.15, 0.2) is 0 Å². The Morgan fingerprint density at radius 1 is 1.54 bits per heavy atom. The molecule has 0 radical (unpaired) electrons. The van der Waals surface area contributed by atoms with Crippen molar-refractivity contribution in [2.45, 2.75) is 6.92 Å². The van der Waals surface area contributed by atoms with Crippen molar-refractivity contribution in [1.29, 1.82) is 5.26 Å². The van der Waals surface area contributed by atoms with E-state index in [1.165, 1.54) is 0 Å². The lowest BCUT2D eigenvalue weighted by molar-refractivity contribution is 0.911. The first-order valence-electron chi connectivity index (χ1n) is 4.15. The molecule has 0 aliphatic heterocycles. The van der Waals surface area contributed by atoms with E-state index in [1.807, 2.05) is 36.1 Å². The quantitative estimate of drug-likeness (QED) is 0.758. The molecule has 0 fully saturated rings. The lowest BCUT2D eigenvalue weighted by Crippen LogP contribution is -2.22. The minimum absolute atomic E-state index is 0.437. The van der Waals surface area contributed by atoms with E-state index in [2.05, 4.69) is 22.0 Å². The Bertz CT molecular complexity index is 317. The number of benzene rings is 1. The van der Waals surface area contributed by atoms with E-state index in [4.69, 9.17) is 5.26 Å². The molecule has 1 aromatic rings. The van der Waals surface area contributed by atoms with Gasteiger partial charge in [0.1, 0.15) is 6.54 Å². The zero-order valence-electron chi connectivity index (χ0n) is 7.50. The second-order valence-electron chi connectivity index (χ2n) is 2.65. The van der Waals surface area contributed by atoms with Crippen molar-refractivity contribution in [3.05, 3.63) is 28.7 Å². The third kappa shape index (κ3) is 2.74. The van der Waals surface area contributed by atoms with Crippen LogP contribution >= 0.6 is 15.9 Å². The van der Waals surface area contributed by atoms with Crippen LogP contribution in [0, 0.1) is 11.3 Å². The van der Waals surface area contributed by atoms with Crippen LogP contribution in [0.5, 0.6) is 0 Å². The van der Waals surface area contributed by atoms with Crippen LogP contribution in [-0.4, -0.2) is 13.1 Å². The molecule has 13 heavy (non-hydrogen) atoms. The maximum atomic E-state index is 8.60. The van der Waals surface area contributed by atoms with Crippen molar-refractivity contribution < 1.29 is 0 Å². The number of hydrogen-bond acceptors (Lipinski definition) is 2. The Kier molecular flexibility index (Phi) is 3.78. The van der Waals surface area contributed by atoms with Gasteiger partial charge in [-0.05, 0) is 25.1 Å². The molecule has 1 aromatic carbocycles. The third-order valence-electron chi connectivity index (χ3n) is 1.82. The van der Waals surface area contributed by atoms with Gasteiger partial charge >= 0.3 is 0 Å². The number of hydrogen-bond donors (Lipinski definition) is 0. The number of nitriles is 1. The van der Waals surface area contributed by atoms with E-state index < -0.39 is 0 Å². The van der Waals surface area contributed by atoms with Gasteiger partial charge in [0.25, 0.3) is 0 Å². The fourth-order valence-corrected chi connectivity index (χ4v) is 1.53. The lowest BCUT2D eigenvalue weighted by Gasteiger charge is -2.19. The van der Waals surface area contributed by atoms with Gasteiger partial charge in [-0.2, -0.15) is 5.26 Å². The van der Waals surface area contributed by atoms with E-state index in [0.29, 0.717) is 6.54 Å². The topological polar surface area (TPSA) is 27.0 Å². The largest absolute Gasteiger partial charge is 0.358 e. The van der Waals surface area contributed by atoms with E-state index in [-0.39, 0.29) is 0 Å². The van der Waals surface area contributed by atoms with Crippen molar-refractivity contribution in [3.63, 3.8) is 0 Å². The van der Waals surface area contributed by atoms with Crippen LogP contribution in [0.2, 0.25) is 0 Å². The molecule has 0 aliphatic rings. The third-order valence-corrected chi connectivity index (χ3v) is 2.31. The highest BCUT2D eigenvalue weighted by Gasteiger charge is 2.02. The van der Waals surface area contributed by atoms with Gasteiger partial charge in [0.05, 0.1) is 6.07 Å². The molecule has 0 amide bonds. The second-order valence-corrected chi connectivity index (χ2v) is 3.57. The van der Waals surface area contributed by atoms with Gasteiger partial charge < -0.3 is 4.90 Å². The number of halogens is 1. The summed E-state index contributed by atoms with van der Waals surface area (Å²) in [6.07, 6.45) is 0. The van der Waals surface area contributed by atoms with Gasteiger partial charge in [-0.25, -0.2) is 0 Å². The summed E-state index contributed by atoms with van der Waals surface area (Å²) in [6, 6.07) is 10.1. The highest BCUT2D eigenvalue weighted by molar-refractivity contribution is 9.10. The molecule has 0 bridgehead atoms. The van der Waals surface area contributed by atoms with Crippen molar-refractivity contribution in [1.82, 2.24) is 0 Å². The predicted molar refractivity (Wildman–Crippen MR) is 57.6 cm³/mol. The minimum atomic E-state index is 0.437. The summed E-state index contributed by atoms with van der Waals surface area (Å²) in [7, 11) is 0. The van der Waals surface area contributed by atoms with Gasteiger partial charge in [0.2, 0.25) is 0 Å². The molecule has 0 heterocycles. The monoisotopic (exact) mass is 238 g/mol. The van der Waals surface area contributed by atoms with E-state index in [0.717, 1.165) is 16.7 Å². The fourth-order valence-electron chi connectivity index (χ4n) is 1.14. The van der Waals surface area contributed by atoms with E-state index >= 15 is 0 Å². The molecular weight excluding hydrogens is 228 g/mol. The Morgan fingerprint density at radius 3 is 2.85 bits per heavy atom. The zero-order chi connectivity index (χ0) is 9.68. The van der Waals surface area contributed by atoms with Crippen molar-refractivity contribution in [3.8, 4) is 6.07 Å². The van der Waals surface area contributed by atoms with E-state index in [9.17, 15) is 0 Å². The first-order chi connectivity index (χ1) is 6.27. The molecule has 0 N–H and O–H groups in total. The Balaban J connectivity index is 2.86. The molecule has 0 atom stereocenters. The maximum Gasteiger partial charge on any atom is 0.105 e. The summed E-state index contributed by atoms with van der Waals surface area (Å²) in [6.45, 7) is 3.33. The summed E-state index contributed by atoms with van der Waals surface area (Å²) in [5.74, 6) is 0. The van der Waals surface area contributed by atoms with Gasteiger partial charge in [-0.1, -0.05) is 22.0 Å². The normalized spacial score (nSPS) is 9.31. The Morgan fingerprint density at radius 2 is 2.31 bits per heavy atom. The number of nitrogens with zero attached hydrogens (tertiary/aromatic N) is 2. The summed E-state index contributed by atoms with van der Waals surface area (Å²) in [5.41, 5.74) is 1.08. The first kappa shape index (κ1) is 10.1. The summed E-state index contributed by atoms with van der Waals surface area (Å²) in [4.78, 5) is 2.02. The SMILES string of the molecule is CCN(CC#N)c1cccc(Br)c1. The summed E-state index contributed by atoms with van der Waals surface area (Å²) >= 11 is 3.40. The first-order valence-corrected chi connectivity index (χ1v) is 4.94. The van der Waals surface area contributed by atoms with Gasteiger partial charge in [0, 0.05) is 16.7 Å². The summed E-state index contributed by atoms with van der Waals surface area (Å²) < 4.78 is 1.04. The van der Waals surface area contributed by atoms with Crippen molar-refractivity contribution in [2.24, 2.45) is 0 Å². The minimum Gasteiger partial charge on any atom is -0.358 e. The van der Waals surface area contributed by atoms with Crippen LogP contribution in [0.1, 0.15) is 6.92 Å². The smallest absolute Gasteiger partial charge is 0.105 e. The van der Waals surface area contributed by atoms with Crippen LogP contribution in [0.4, 0.5) is 5.69 Å². The number of anilines is 1. The molecule has 0 aromatic heterocycles. The Hall–Kier alpha value is -1.01. The van der Waals surface area contributed by atoms with Crippen LogP contribution < -0.4 is 4.90 Å². The maximum absolute atomic E-state index is 8.60. The molecule has 0 saturated heterocycles. The highest BCUT2D eigenvalue weighted by atomic mass is 79.9. The number of rotatable bonds is 3. The molecule has 0 aliphatic carbocycles. The average Bonchev–Trinajstić information content (AvgIpc) is 2.14. The second kappa shape index (κ2) is 4.88. The molecule has 1 rings (SSSR count). The Labute approximate surface area is 86.9 Å². The molecule has 0 saturated carbocycles. The standard InChI is InChI=1S/C10H11BrN2/c1-2-13(7-6-12)10-5-3-4-9(11)8-10/h3-5,8H,2,7H2,1H3. The van der Waals surface area contributed by atoms with Crippen LogP contribution in [0.25, 0.3) is 0 Å². The molecular formula is C10H11BrN2. The van der Waals surface area contributed by atoms with Crippen LogP contribution in [-0.2, 0) is 0 Å². The molecule has 3 heteroatoms. The van der Waals surface area contributed by atoms with Crippen molar-refractivity contribution in [2.75, 3.05) is 18.0 Å². The predicted octanol–water partition coefficient (Wildman–Crippen LogP) is 2.80. The van der Waals surface area contributed by atoms with Crippen LogP contribution in [0.15, 0.2) is 28.7 Å².